The van der Waals surface area contributed by atoms with E-state index in [1.165, 1.54) is 0 Å². The summed E-state index contributed by atoms with van der Waals surface area (Å²) in [5.41, 5.74) is 1.83. The van der Waals surface area contributed by atoms with Crippen molar-refractivity contribution in [2.24, 2.45) is 0 Å². The highest BCUT2D eigenvalue weighted by Crippen LogP contribution is 2.25. The van der Waals surface area contributed by atoms with Gasteiger partial charge >= 0.3 is 0 Å². The molecule has 3 nitrogen and oxygen atoms in total. The largest absolute Gasteiger partial charge is 0.493 e. The normalized spacial score (nSPS) is 15.1. The van der Waals surface area contributed by atoms with Crippen molar-refractivity contribution >= 4 is 0 Å². The van der Waals surface area contributed by atoms with Gasteiger partial charge in [-0.25, -0.2) is 0 Å². The van der Waals surface area contributed by atoms with E-state index in [1.54, 1.807) is 6.20 Å². The predicted octanol–water partition coefficient (Wildman–Crippen LogP) is 0.899. The highest BCUT2D eigenvalue weighted by atomic mass is 16.5. The van der Waals surface area contributed by atoms with Gasteiger partial charge in [-0.05, 0) is 18.9 Å². The minimum atomic E-state index is 0.00648. The van der Waals surface area contributed by atoms with Crippen molar-refractivity contribution in [1.29, 1.82) is 0 Å². The Balaban J connectivity index is 2.44. The van der Waals surface area contributed by atoms with Crippen LogP contribution in [0.25, 0.3) is 0 Å². The van der Waals surface area contributed by atoms with Gasteiger partial charge in [0, 0.05) is 11.8 Å². The summed E-state index contributed by atoms with van der Waals surface area (Å²) < 4.78 is 5.41. The first-order chi connectivity index (χ1) is 5.92. The molecule has 2 heterocycles. The Morgan fingerprint density at radius 1 is 1.58 bits per heavy atom. The Morgan fingerprint density at radius 2 is 2.50 bits per heavy atom. The van der Waals surface area contributed by atoms with Gasteiger partial charge in [-0.1, -0.05) is 0 Å². The van der Waals surface area contributed by atoms with Gasteiger partial charge < -0.3 is 9.84 Å². The molecule has 1 aliphatic rings. The van der Waals surface area contributed by atoms with Crippen LogP contribution in [0.3, 0.4) is 0 Å². The highest BCUT2D eigenvalue weighted by Gasteiger charge is 2.13. The maximum absolute atomic E-state index is 8.98. The summed E-state index contributed by atoms with van der Waals surface area (Å²) in [6.45, 7) is 0.786. The fraction of sp³-hybridized carbons (Fsp3) is 0.444. The smallest absolute Gasteiger partial charge is 0.125 e. The number of aliphatic hydroxyl groups excluding tert-OH is 1. The highest BCUT2D eigenvalue weighted by molar-refractivity contribution is 5.36. The summed E-state index contributed by atoms with van der Waals surface area (Å²) in [7, 11) is 0. The summed E-state index contributed by atoms with van der Waals surface area (Å²) in [6, 6.07) is 1.85. The molecule has 0 atom stereocenters. The van der Waals surface area contributed by atoms with Gasteiger partial charge in [-0.15, -0.1) is 0 Å². The third kappa shape index (κ3) is 1.16. The minimum absolute atomic E-state index is 0.00648. The Labute approximate surface area is 71.0 Å². The monoisotopic (exact) mass is 165 g/mol. The van der Waals surface area contributed by atoms with Gasteiger partial charge in [0.2, 0.25) is 0 Å². The molecule has 0 saturated carbocycles. The molecule has 0 radical (unpaired) electrons. The van der Waals surface area contributed by atoms with Crippen molar-refractivity contribution in [2.45, 2.75) is 19.4 Å². The minimum Gasteiger partial charge on any atom is -0.493 e. The number of aliphatic hydroxyl groups is 1. The molecule has 12 heavy (non-hydrogen) atoms. The maximum atomic E-state index is 8.98. The number of ether oxygens (including phenoxy) is 1. The standard InChI is InChI=1S/C9H11NO2/c11-6-8-7-2-1-5-12-9(7)3-4-10-8/h3-4,11H,1-2,5-6H2. The van der Waals surface area contributed by atoms with E-state index < -0.39 is 0 Å². The molecular formula is C9H11NO2. The van der Waals surface area contributed by atoms with E-state index in [4.69, 9.17) is 9.84 Å². The van der Waals surface area contributed by atoms with Gasteiger partial charge in [-0.2, -0.15) is 0 Å². The SMILES string of the molecule is OCc1nccc2c1CCCO2. The maximum Gasteiger partial charge on any atom is 0.125 e. The van der Waals surface area contributed by atoms with Gasteiger partial charge in [0.05, 0.1) is 18.9 Å². The van der Waals surface area contributed by atoms with Gasteiger partial charge in [0.1, 0.15) is 5.75 Å². The molecule has 0 unspecified atom stereocenters. The van der Waals surface area contributed by atoms with E-state index >= 15 is 0 Å². The molecule has 0 spiro atoms. The van der Waals surface area contributed by atoms with Crippen LogP contribution in [0.5, 0.6) is 5.75 Å². The fourth-order valence-electron chi connectivity index (χ4n) is 1.49. The molecule has 1 N–H and O–H groups in total. The molecule has 3 heteroatoms. The quantitative estimate of drug-likeness (QED) is 0.672. The third-order valence-electron chi connectivity index (χ3n) is 2.08. The van der Waals surface area contributed by atoms with Crippen LogP contribution in [0.1, 0.15) is 17.7 Å². The predicted molar refractivity (Wildman–Crippen MR) is 44.0 cm³/mol. The fourth-order valence-corrected chi connectivity index (χ4v) is 1.49. The molecule has 0 aliphatic carbocycles. The number of hydrogen-bond acceptors (Lipinski definition) is 3. The van der Waals surface area contributed by atoms with Crippen LogP contribution in [0.4, 0.5) is 0 Å². The zero-order valence-corrected chi connectivity index (χ0v) is 6.79. The Morgan fingerprint density at radius 3 is 3.33 bits per heavy atom. The first-order valence-corrected chi connectivity index (χ1v) is 4.12. The summed E-state index contributed by atoms with van der Waals surface area (Å²) >= 11 is 0. The number of rotatable bonds is 1. The number of hydrogen-bond donors (Lipinski definition) is 1. The summed E-state index contributed by atoms with van der Waals surface area (Å²) in [4.78, 5) is 4.08. The topological polar surface area (TPSA) is 42.4 Å². The van der Waals surface area contributed by atoms with Gasteiger partial charge in [0.25, 0.3) is 0 Å². The molecule has 1 aromatic heterocycles. The molecule has 1 aliphatic heterocycles. The van der Waals surface area contributed by atoms with Crippen LogP contribution in [0.2, 0.25) is 0 Å². The lowest BCUT2D eigenvalue weighted by molar-refractivity contribution is 0.261. The number of fused-ring (bicyclic) bond motifs is 1. The van der Waals surface area contributed by atoms with Crippen molar-refractivity contribution in [3.05, 3.63) is 23.5 Å². The average Bonchev–Trinajstić information content (AvgIpc) is 2.17. The van der Waals surface area contributed by atoms with E-state index in [0.717, 1.165) is 36.5 Å². The lowest BCUT2D eigenvalue weighted by Crippen LogP contribution is -2.11. The third-order valence-corrected chi connectivity index (χ3v) is 2.08. The first-order valence-electron chi connectivity index (χ1n) is 4.12. The van der Waals surface area contributed by atoms with Crippen LogP contribution >= 0.6 is 0 Å². The van der Waals surface area contributed by atoms with E-state index in [1.807, 2.05) is 6.07 Å². The van der Waals surface area contributed by atoms with E-state index in [9.17, 15) is 0 Å². The molecular weight excluding hydrogens is 154 g/mol. The second-order valence-electron chi connectivity index (χ2n) is 2.84. The van der Waals surface area contributed by atoms with Crippen LogP contribution in [-0.2, 0) is 13.0 Å². The Bertz CT molecular complexity index is 272. The Hall–Kier alpha value is -1.09. The van der Waals surface area contributed by atoms with Crippen molar-refractivity contribution in [1.82, 2.24) is 4.98 Å². The van der Waals surface area contributed by atoms with Crippen molar-refractivity contribution < 1.29 is 9.84 Å². The van der Waals surface area contributed by atoms with Crippen LogP contribution in [0, 0.1) is 0 Å². The zero-order valence-electron chi connectivity index (χ0n) is 6.79. The molecule has 2 rings (SSSR count). The van der Waals surface area contributed by atoms with Crippen LogP contribution in [-0.4, -0.2) is 16.7 Å². The van der Waals surface area contributed by atoms with E-state index in [-0.39, 0.29) is 6.61 Å². The van der Waals surface area contributed by atoms with Crippen LogP contribution in [0.15, 0.2) is 12.3 Å². The number of pyridine rings is 1. The number of nitrogens with zero attached hydrogens (tertiary/aromatic N) is 1. The molecule has 0 aromatic carbocycles. The van der Waals surface area contributed by atoms with E-state index in [2.05, 4.69) is 4.98 Å². The number of aromatic nitrogens is 1. The first kappa shape index (κ1) is 7.55. The van der Waals surface area contributed by atoms with Crippen molar-refractivity contribution in [3.8, 4) is 5.75 Å². The summed E-state index contributed by atoms with van der Waals surface area (Å²) in [5.74, 6) is 0.889. The van der Waals surface area contributed by atoms with Gasteiger partial charge in [-0.3, -0.25) is 4.98 Å². The second kappa shape index (κ2) is 3.11. The summed E-state index contributed by atoms with van der Waals surface area (Å²) in [5, 5.41) is 8.98. The molecule has 1 aromatic rings. The van der Waals surface area contributed by atoms with E-state index in [0.29, 0.717) is 0 Å². The van der Waals surface area contributed by atoms with Crippen molar-refractivity contribution in [2.75, 3.05) is 6.61 Å². The molecule has 0 bridgehead atoms. The molecule has 64 valence electrons. The average molecular weight is 165 g/mol. The lowest BCUT2D eigenvalue weighted by atomic mass is 10.1. The Kier molecular flexibility index (Phi) is 1.96. The molecule has 0 saturated heterocycles. The molecule has 0 fully saturated rings. The zero-order chi connectivity index (χ0) is 8.39. The lowest BCUT2D eigenvalue weighted by Gasteiger charge is -2.18. The van der Waals surface area contributed by atoms with Gasteiger partial charge in [0.15, 0.2) is 0 Å². The van der Waals surface area contributed by atoms with Crippen LogP contribution < -0.4 is 4.74 Å². The second-order valence-corrected chi connectivity index (χ2v) is 2.84. The van der Waals surface area contributed by atoms with Crippen molar-refractivity contribution in [3.63, 3.8) is 0 Å². The summed E-state index contributed by atoms with van der Waals surface area (Å²) in [6.07, 6.45) is 3.67. The molecule has 0 amide bonds.